The maximum Gasteiger partial charge on any atom is 0.146 e. The lowest BCUT2D eigenvalue weighted by molar-refractivity contribution is -0.123. The van der Waals surface area contributed by atoms with Crippen LogP contribution in [0.25, 0.3) is 0 Å². The van der Waals surface area contributed by atoms with Crippen LogP contribution < -0.4 is 5.73 Å². The standard InChI is InChI=1S/C6H11NO2/c1-4(8)3-6(7)5(2)9/h6H,3,7H2,1-2H3. The van der Waals surface area contributed by atoms with E-state index in [1.807, 2.05) is 0 Å². The highest BCUT2D eigenvalue weighted by atomic mass is 16.1. The lowest BCUT2D eigenvalue weighted by Gasteiger charge is -2.01. The Balaban J connectivity index is 3.63. The highest BCUT2D eigenvalue weighted by Gasteiger charge is 2.09. The van der Waals surface area contributed by atoms with E-state index < -0.39 is 6.04 Å². The largest absolute Gasteiger partial charge is 0.321 e. The molecule has 3 nitrogen and oxygen atoms in total. The van der Waals surface area contributed by atoms with Gasteiger partial charge in [-0.25, -0.2) is 0 Å². The van der Waals surface area contributed by atoms with Gasteiger partial charge in [0.05, 0.1) is 6.04 Å². The van der Waals surface area contributed by atoms with Crippen molar-refractivity contribution in [2.75, 3.05) is 0 Å². The van der Waals surface area contributed by atoms with Crippen molar-refractivity contribution in [3.05, 3.63) is 0 Å². The van der Waals surface area contributed by atoms with E-state index in [-0.39, 0.29) is 18.0 Å². The molecule has 0 heterocycles. The molecule has 0 saturated heterocycles. The van der Waals surface area contributed by atoms with E-state index >= 15 is 0 Å². The minimum atomic E-state index is -0.595. The third-order valence-corrected chi connectivity index (χ3v) is 1.03. The Morgan fingerprint density at radius 1 is 1.44 bits per heavy atom. The molecule has 0 amide bonds. The molecule has 0 aromatic carbocycles. The zero-order valence-corrected chi connectivity index (χ0v) is 5.68. The second-order valence-electron chi connectivity index (χ2n) is 2.12. The predicted octanol–water partition coefficient (Wildman–Crippen LogP) is -0.118. The first-order valence-corrected chi connectivity index (χ1v) is 2.79. The maximum atomic E-state index is 10.4. The van der Waals surface area contributed by atoms with Gasteiger partial charge in [-0.3, -0.25) is 9.59 Å². The zero-order chi connectivity index (χ0) is 7.44. The third-order valence-electron chi connectivity index (χ3n) is 1.03. The molecule has 0 aliphatic rings. The molecule has 0 fully saturated rings. The summed E-state index contributed by atoms with van der Waals surface area (Å²) < 4.78 is 0. The summed E-state index contributed by atoms with van der Waals surface area (Å²) in [6, 6.07) is -0.595. The fourth-order valence-electron chi connectivity index (χ4n) is 0.453. The van der Waals surface area contributed by atoms with Crippen molar-refractivity contribution < 1.29 is 9.59 Å². The van der Waals surface area contributed by atoms with Crippen LogP contribution in [-0.4, -0.2) is 17.6 Å². The van der Waals surface area contributed by atoms with Crippen molar-refractivity contribution in [3.63, 3.8) is 0 Å². The van der Waals surface area contributed by atoms with E-state index in [2.05, 4.69) is 0 Å². The van der Waals surface area contributed by atoms with E-state index in [4.69, 9.17) is 5.73 Å². The number of Topliss-reactive ketones (excluding diaryl/α,β-unsaturated/α-hetero) is 2. The Hall–Kier alpha value is -0.700. The molecule has 1 unspecified atom stereocenters. The monoisotopic (exact) mass is 129 g/mol. The topological polar surface area (TPSA) is 60.2 Å². The van der Waals surface area contributed by atoms with Crippen LogP contribution in [0, 0.1) is 0 Å². The van der Waals surface area contributed by atoms with Gasteiger partial charge in [0.15, 0.2) is 0 Å². The highest BCUT2D eigenvalue weighted by Crippen LogP contribution is 1.89. The fraction of sp³-hybridized carbons (Fsp3) is 0.667. The highest BCUT2D eigenvalue weighted by molar-refractivity contribution is 5.87. The molecule has 0 rings (SSSR count). The van der Waals surface area contributed by atoms with Crippen LogP contribution in [0.3, 0.4) is 0 Å². The van der Waals surface area contributed by atoms with Gasteiger partial charge in [0.25, 0.3) is 0 Å². The zero-order valence-electron chi connectivity index (χ0n) is 5.68. The second kappa shape index (κ2) is 3.35. The summed E-state index contributed by atoms with van der Waals surface area (Å²) in [7, 11) is 0. The summed E-state index contributed by atoms with van der Waals surface area (Å²) in [5.74, 6) is -0.178. The molecule has 52 valence electrons. The first kappa shape index (κ1) is 8.30. The maximum absolute atomic E-state index is 10.4. The van der Waals surface area contributed by atoms with E-state index in [9.17, 15) is 9.59 Å². The van der Waals surface area contributed by atoms with Gasteiger partial charge in [0, 0.05) is 6.42 Å². The molecule has 0 aliphatic carbocycles. The quantitative estimate of drug-likeness (QED) is 0.578. The van der Waals surface area contributed by atoms with Crippen molar-refractivity contribution in [1.29, 1.82) is 0 Å². The van der Waals surface area contributed by atoms with E-state index in [0.717, 1.165) is 0 Å². The average molecular weight is 129 g/mol. The smallest absolute Gasteiger partial charge is 0.146 e. The van der Waals surface area contributed by atoms with Crippen LogP contribution in [0.1, 0.15) is 20.3 Å². The van der Waals surface area contributed by atoms with E-state index in [1.165, 1.54) is 13.8 Å². The van der Waals surface area contributed by atoms with E-state index in [1.54, 1.807) is 0 Å². The van der Waals surface area contributed by atoms with Crippen LogP contribution in [-0.2, 0) is 9.59 Å². The summed E-state index contributed by atoms with van der Waals surface area (Å²) >= 11 is 0. The number of nitrogens with two attached hydrogens (primary N) is 1. The Kier molecular flexibility index (Phi) is 3.09. The number of carbonyl (C=O) groups is 2. The van der Waals surface area contributed by atoms with Crippen molar-refractivity contribution in [3.8, 4) is 0 Å². The molecule has 1 atom stereocenters. The van der Waals surface area contributed by atoms with Crippen LogP contribution in [0.2, 0.25) is 0 Å². The second-order valence-corrected chi connectivity index (χ2v) is 2.12. The molecule has 0 radical (unpaired) electrons. The normalized spacial score (nSPS) is 12.8. The molecule has 2 N–H and O–H groups in total. The van der Waals surface area contributed by atoms with Gasteiger partial charge in [0.2, 0.25) is 0 Å². The lowest BCUT2D eigenvalue weighted by Crippen LogP contribution is -2.30. The summed E-state index contributed by atoms with van der Waals surface area (Å²) in [6.45, 7) is 2.80. The van der Waals surface area contributed by atoms with Crippen molar-refractivity contribution >= 4 is 11.6 Å². The third kappa shape index (κ3) is 3.85. The van der Waals surface area contributed by atoms with Gasteiger partial charge in [-0.2, -0.15) is 0 Å². The first-order chi connectivity index (χ1) is 4.04. The minimum absolute atomic E-state index is 0.0438. The van der Waals surface area contributed by atoms with Gasteiger partial charge in [-0.15, -0.1) is 0 Å². The average Bonchev–Trinajstić information content (AvgIpc) is 1.63. The molecule has 9 heavy (non-hydrogen) atoms. The first-order valence-electron chi connectivity index (χ1n) is 2.79. The summed E-state index contributed by atoms with van der Waals surface area (Å²) in [4.78, 5) is 20.7. The molecular weight excluding hydrogens is 118 g/mol. The molecule has 0 spiro atoms. The van der Waals surface area contributed by atoms with Gasteiger partial charge in [0.1, 0.15) is 11.6 Å². The molecule has 0 saturated carbocycles. The number of hydrogen-bond donors (Lipinski definition) is 1. The predicted molar refractivity (Wildman–Crippen MR) is 34.0 cm³/mol. The summed E-state index contributed by atoms with van der Waals surface area (Å²) in [5.41, 5.74) is 5.25. The van der Waals surface area contributed by atoms with Crippen LogP contribution in [0.4, 0.5) is 0 Å². The Morgan fingerprint density at radius 2 is 1.89 bits per heavy atom. The SMILES string of the molecule is CC(=O)CC(N)C(C)=O. The van der Waals surface area contributed by atoms with Gasteiger partial charge in [-0.1, -0.05) is 0 Å². The van der Waals surface area contributed by atoms with Crippen LogP contribution in [0.5, 0.6) is 0 Å². The number of ketones is 2. The summed E-state index contributed by atoms with van der Waals surface area (Å²) in [6.07, 6.45) is 0.162. The van der Waals surface area contributed by atoms with Crippen LogP contribution in [0.15, 0.2) is 0 Å². The molecule has 3 heteroatoms. The Bertz CT molecular complexity index is 131. The molecule has 0 aliphatic heterocycles. The number of carbonyl (C=O) groups excluding carboxylic acids is 2. The Morgan fingerprint density at radius 3 is 2.00 bits per heavy atom. The molecule has 0 aromatic rings. The van der Waals surface area contributed by atoms with Gasteiger partial charge in [-0.05, 0) is 13.8 Å². The number of rotatable bonds is 3. The lowest BCUT2D eigenvalue weighted by atomic mass is 10.1. The Labute approximate surface area is 54.2 Å². The molecule has 0 bridgehead atoms. The van der Waals surface area contributed by atoms with Crippen molar-refractivity contribution in [2.45, 2.75) is 26.3 Å². The van der Waals surface area contributed by atoms with Gasteiger partial charge < -0.3 is 5.73 Å². The number of hydrogen-bond acceptors (Lipinski definition) is 3. The summed E-state index contributed by atoms with van der Waals surface area (Å²) in [5, 5.41) is 0. The van der Waals surface area contributed by atoms with Crippen molar-refractivity contribution in [1.82, 2.24) is 0 Å². The molecule has 0 aromatic heterocycles. The fourth-order valence-corrected chi connectivity index (χ4v) is 0.453. The van der Waals surface area contributed by atoms with Crippen molar-refractivity contribution in [2.24, 2.45) is 5.73 Å². The molecular formula is C6H11NO2. The van der Waals surface area contributed by atoms with Crippen LogP contribution >= 0.6 is 0 Å². The van der Waals surface area contributed by atoms with E-state index in [0.29, 0.717) is 0 Å². The van der Waals surface area contributed by atoms with Gasteiger partial charge >= 0.3 is 0 Å². The minimum Gasteiger partial charge on any atom is -0.321 e.